The Morgan fingerprint density at radius 3 is 2.85 bits per heavy atom. The molecule has 0 amide bonds. The van der Waals surface area contributed by atoms with E-state index in [4.69, 9.17) is 16.7 Å². The fourth-order valence-electron chi connectivity index (χ4n) is 0.930. The highest BCUT2D eigenvalue weighted by molar-refractivity contribution is 6.30. The average Bonchev–Trinajstić information content (AvgIpc) is 2.09. The lowest BCUT2D eigenvalue weighted by Gasteiger charge is -1.99. The van der Waals surface area contributed by atoms with Crippen LogP contribution in [0, 0.1) is 5.82 Å². The highest BCUT2D eigenvalue weighted by Crippen LogP contribution is 2.16. The number of aliphatic hydroxyl groups is 1. The zero-order valence-corrected chi connectivity index (χ0v) is 7.98. The van der Waals surface area contributed by atoms with E-state index in [1.54, 1.807) is 25.1 Å². The van der Waals surface area contributed by atoms with Gasteiger partial charge >= 0.3 is 0 Å². The molecule has 0 radical (unpaired) electrons. The van der Waals surface area contributed by atoms with E-state index in [0.717, 1.165) is 0 Å². The molecular weight excluding hydrogens is 191 g/mol. The molecule has 1 N–H and O–H groups in total. The van der Waals surface area contributed by atoms with Crippen LogP contribution >= 0.6 is 11.6 Å². The molecule has 0 aliphatic rings. The molecule has 0 atom stereocenters. The topological polar surface area (TPSA) is 20.2 Å². The van der Waals surface area contributed by atoms with Gasteiger partial charge in [0.2, 0.25) is 0 Å². The fraction of sp³-hybridized carbons (Fsp3) is 0.200. The van der Waals surface area contributed by atoms with Crippen LogP contribution in [-0.4, -0.2) is 11.7 Å². The molecule has 0 aliphatic heterocycles. The fourth-order valence-corrected chi connectivity index (χ4v) is 1.09. The van der Waals surface area contributed by atoms with Crippen molar-refractivity contribution in [2.75, 3.05) is 6.61 Å². The van der Waals surface area contributed by atoms with Crippen molar-refractivity contribution in [1.29, 1.82) is 0 Å². The van der Waals surface area contributed by atoms with Crippen molar-refractivity contribution >= 4 is 17.7 Å². The van der Waals surface area contributed by atoms with E-state index in [9.17, 15) is 4.39 Å². The van der Waals surface area contributed by atoms with Gasteiger partial charge in [0.1, 0.15) is 5.82 Å². The molecule has 0 unspecified atom stereocenters. The Kier molecular flexibility index (Phi) is 3.46. The van der Waals surface area contributed by atoms with Crippen LogP contribution in [0.25, 0.3) is 6.08 Å². The van der Waals surface area contributed by atoms with Crippen LogP contribution in [0.1, 0.15) is 12.5 Å². The third-order valence-electron chi connectivity index (χ3n) is 1.61. The summed E-state index contributed by atoms with van der Waals surface area (Å²) in [6.45, 7) is 1.66. The van der Waals surface area contributed by atoms with E-state index >= 15 is 0 Å². The number of rotatable bonds is 2. The molecule has 0 bridgehead atoms. The Hall–Kier alpha value is -0.860. The molecule has 70 valence electrons. The van der Waals surface area contributed by atoms with Crippen molar-refractivity contribution in [1.82, 2.24) is 0 Å². The first-order valence-corrected chi connectivity index (χ1v) is 4.24. The molecule has 1 aromatic rings. The van der Waals surface area contributed by atoms with E-state index in [1.807, 2.05) is 0 Å². The van der Waals surface area contributed by atoms with E-state index in [1.165, 1.54) is 6.07 Å². The zero-order valence-electron chi connectivity index (χ0n) is 7.22. The second-order valence-electron chi connectivity index (χ2n) is 2.81. The van der Waals surface area contributed by atoms with Crippen molar-refractivity contribution in [2.24, 2.45) is 0 Å². The maximum absolute atomic E-state index is 13.1. The molecule has 0 aromatic heterocycles. The van der Waals surface area contributed by atoms with Crippen LogP contribution in [0.5, 0.6) is 0 Å². The summed E-state index contributed by atoms with van der Waals surface area (Å²) >= 11 is 5.58. The molecule has 0 heterocycles. The van der Waals surface area contributed by atoms with E-state index in [-0.39, 0.29) is 12.4 Å². The molecule has 13 heavy (non-hydrogen) atoms. The van der Waals surface area contributed by atoms with Crippen molar-refractivity contribution < 1.29 is 9.50 Å². The van der Waals surface area contributed by atoms with E-state index < -0.39 is 0 Å². The molecule has 1 aromatic carbocycles. The summed E-state index contributed by atoms with van der Waals surface area (Å²) in [5, 5.41) is 9.10. The Morgan fingerprint density at radius 2 is 2.31 bits per heavy atom. The predicted octanol–water partition coefficient (Wildman–Crippen LogP) is 2.87. The van der Waals surface area contributed by atoms with Gasteiger partial charge in [0.05, 0.1) is 6.61 Å². The summed E-state index contributed by atoms with van der Waals surface area (Å²) in [6.07, 6.45) is 1.59. The first-order chi connectivity index (χ1) is 6.13. The molecule has 0 spiro atoms. The molecule has 1 rings (SSSR count). The van der Waals surface area contributed by atoms with Gasteiger partial charge in [-0.25, -0.2) is 4.39 Å². The van der Waals surface area contributed by atoms with Crippen LogP contribution in [0.15, 0.2) is 23.8 Å². The average molecular weight is 201 g/mol. The van der Waals surface area contributed by atoms with Crippen molar-refractivity contribution in [2.45, 2.75) is 6.92 Å². The molecule has 0 saturated carbocycles. The molecule has 1 nitrogen and oxygen atoms in total. The quantitative estimate of drug-likeness (QED) is 0.779. The smallest absolute Gasteiger partial charge is 0.131 e. The van der Waals surface area contributed by atoms with Crippen molar-refractivity contribution in [3.8, 4) is 0 Å². The second kappa shape index (κ2) is 4.40. The SMILES string of the molecule is C/C(=C/c1ccc(Cl)cc1F)CO. The first-order valence-electron chi connectivity index (χ1n) is 3.86. The van der Waals surface area contributed by atoms with Crippen LogP contribution in [0.3, 0.4) is 0 Å². The molecule has 0 saturated heterocycles. The lowest BCUT2D eigenvalue weighted by molar-refractivity contribution is 0.332. The summed E-state index contributed by atoms with van der Waals surface area (Å²) < 4.78 is 13.1. The van der Waals surface area contributed by atoms with Crippen LogP contribution in [-0.2, 0) is 0 Å². The van der Waals surface area contributed by atoms with Crippen LogP contribution in [0.2, 0.25) is 5.02 Å². The van der Waals surface area contributed by atoms with Crippen molar-refractivity contribution in [3.63, 3.8) is 0 Å². The Labute approximate surface area is 81.5 Å². The molecule has 3 heteroatoms. The minimum atomic E-state index is -0.375. The third kappa shape index (κ3) is 2.83. The largest absolute Gasteiger partial charge is 0.392 e. The Balaban J connectivity index is 3.03. The van der Waals surface area contributed by atoms with Gasteiger partial charge in [0.25, 0.3) is 0 Å². The monoisotopic (exact) mass is 200 g/mol. The van der Waals surface area contributed by atoms with Gasteiger partial charge < -0.3 is 5.11 Å². The van der Waals surface area contributed by atoms with Gasteiger partial charge in [-0.3, -0.25) is 0 Å². The number of hydrogen-bond acceptors (Lipinski definition) is 1. The van der Waals surface area contributed by atoms with Crippen molar-refractivity contribution in [3.05, 3.63) is 40.2 Å². The lowest BCUT2D eigenvalue weighted by Crippen LogP contribution is -1.86. The molecular formula is C10H10ClFO. The minimum absolute atomic E-state index is 0.0674. The maximum Gasteiger partial charge on any atom is 0.131 e. The van der Waals surface area contributed by atoms with Crippen LogP contribution in [0.4, 0.5) is 4.39 Å². The van der Waals surface area contributed by atoms with Gasteiger partial charge in [-0.2, -0.15) is 0 Å². The Bertz CT molecular complexity index is 334. The van der Waals surface area contributed by atoms with Crippen LogP contribution < -0.4 is 0 Å². The van der Waals surface area contributed by atoms with Gasteiger partial charge in [-0.1, -0.05) is 23.7 Å². The van der Waals surface area contributed by atoms with Gasteiger partial charge in [-0.05, 0) is 24.6 Å². The van der Waals surface area contributed by atoms with E-state index in [0.29, 0.717) is 16.2 Å². The summed E-state index contributed by atoms with van der Waals surface area (Å²) in [6, 6.07) is 4.44. The lowest BCUT2D eigenvalue weighted by atomic mass is 10.1. The number of aliphatic hydroxyl groups excluding tert-OH is 1. The minimum Gasteiger partial charge on any atom is -0.392 e. The van der Waals surface area contributed by atoms with Gasteiger partial charge in [-0.15, -0.1) is 0 Å². The number of hydrogen-bond donors (Lipinski definition) is 1. The first kappa shape index (κ1) is 10.2. The summed E-state index contributed by atoms with van der Waals surface area (Å²) in [4.78, 5) is 0. The highest BCUT2D eigenvalue weighted by atomic mass is 35.5. The summed E-state index contributed by atoms with van der Waals surface area (Å²) in [5.74, 6) is -0.375. The molecule has 0 aliphatic carbocycles. The van der Waals surface area contributed by atoms with E-state index in [2.05, 4.69) is 0 Å². The van der Waals surface area contributed by atoms with Gasteiger partial charge in [0.15, 0.2) is 0 Å². The standard InChI is InChI=1S/C10H10ClFO/c1-7(6-13)4-8-2-3-9(11)5-10(8)12/h2-5,13H,6H2,1H3/b7-4-. The Morgan fingerprint density at radius 1 is 1.62 bits per heavy atom. The summed E-state index contributed by atoms with van der Waals surface area (Å²) in [7, 11) is 0. The normalized spacial score (nSPS) is 11.8. The molecule has 0 fully saturated rings. The second-order valence-corrected chi connectivity index (χ2v) is 3.25. The third-order valence-corrected chi connectivity index (χ3v) is 1.85. The zero-order chi connectivity index (χ0) is 9.84. The number of benzene rings is 1. The maximum atomic E-state index is 13.1. The number of halogens is 2. The summed E-state index contributed by atoms with van der Waals surface area (Å²) in [5.41, 5.74) is 1.15. The highest BCUT2D eigenvalue weighted by Gasteiger charge is 1.99. The predicted molar refractivity (Wildman–Crippen MR) is 52.1 cm³/mol. The van der Waals surface area contributed by atoms with Gasteiger partial charge in [0, 0.05) is 10.6 Å².